The number of pyridine rings is 1. The number of benzene rings is 1. The standard InChI is InChI=1S/C24H20NOS2.BrH/c1-26-19-9-4-7-16-18-15-24(20-10-5-13-27-20,21-11-6-14-28-21)23(22(16)19)17-8-2-3-12-25(17)18;/h2-14,18,23H,15H2,1H3;1H/q+1;/p-1/t18-,23-;/m0./s1. The van der Waals surface area contributed by atoms with Crippen molar-refractivity contribution in [3.05, 3.63) is 104 Å². The van der Waals surface area contributed by atoms with Gasteiger partial charge in [0.1, 0.15) is 5.75 Å². The van der Waals surface area contributed by atoms with Crippen LogP contribution in [0.2, 0.25) is 0 Å². The van der Waals surface area contributed by atoms with Crippen molar-refractivity contribution in [3.63, 3.8) is 0 Å². The second kappa shape index (κ2) is 7.08. The monoisotopic (exact) mass is 481 g/mol. The van der Waals surface area contributed by atoms with Gasteiger partial charge < -0.3 is 21.7 Å². The summed E-state index contributed by atoms with van der Waals surface area (Å²) in [7, 11) is 1.80. The lowest BCUT2D eigenvalue weighted by atomic mass is 9.57. The molecule has 0 radical (unpaired) electrons. The maximum atomic E-state index is 5.91. The minimum absolute atomic E-state index is 0. The molecule has 1 aliphatic carbocycles. The highest BCUT2D eigenvalue weighted by atomic mass is 79.9. The van der Waals surface area contributed by atoms with Gasteiger partial charge in [-0.15, -0.1) is 22.7 Å². The molecular formula is C24H20BrNOS2. The van der Waals surface area contributed by atoms with Gasteiger partial charge in [0.05, 0.1) is 18.4 Å². The molecule has 7 rings (SSSR count). The summed E-state index contributed by atoms with van der Waals surface area (Å²) in [5, 5.41) is 4.43. The van der Waals surface area contributed by atoms with Crippen LogP contribution in [0.1, 0.15) is 45.0 Å². The molecule has 2 bridgehead atoms. The van der Waals surface area contributed by atoms with Crippen LogP contribution in [0.3, 0.4) is 0 Å². The topological polar surface area (TPSA) is 13.1 Å². The van der Waals surface area contributed by atoms with Gasteiger partial charge in [0.2, 0.25) is 0 Å². The highest BCUT2D eigenvalue weighted by molar-refractivity contribution is 7.11. The third-order valence-corrected chi connectivity index (χ3v) is 8.55. The molecule has 0 amide bonds. The third-order valence-electron chi connectivity index (χ3n) is 6.45. The zero-order valence-electron chi connectivity index (χ0n) is 15.9. The first kappa shape index (κ1) is 19.0. The van der Waals surface area contributed by atoms with E-state index in [1.807, 2.05) is 22.7 Å². The molecule has 0 saturated carbocycles. The Labute approximate surface area is 189 Å². The zero-order valence-corrected chi connectivity index (χ0v) is 19.1. The molecule has 0 spiro atoms. The van der Waals surface area contributed by atoms with E-state index in [1.54, 1.807) is 7.11 Å². The number of nitrogens with zero attached hydrogens (tertiary/aromatic N) is 1. The molecule has 3 aliphatic rings. The number of hydrogen-bond donors (Lipinski definition) is 0. The Hall–Kier alpha value is -1.95. The Kier molecular flexibility index (Phi) is 4.65. The van der Waals surface area contributed by atoms with Crippen molar-refractivity contribution >= 4 is 22.7 Å². The summed E-state index contributed by atoms with van der Waals surface area (Å²) < 4.78 is 8.40. The van der Waals surface area contributed by atoms with E-state index in [9.17, 15) is 0 Å². The first-order valence-electron chi connectivity index (χ1n) is 9.59. The number of ether oxygens (including phenoxy) is 1. The van der Waals surface area contributed by atoms with Crippen LogP contribution in [0.4, 0.5) is 0 Å². The lowest BCUT2D eigenvalue weighted by Gasteiger charge is -2.48. The van der Waals surface area contributed by atoms with E-state index in [0.29, 0.717) is 6.04 Å². The Morgan fingerprint density at radius 3 is 2.34 bits per heavy atom. The van der Waals surface area contributed by atoms with Crippen LogP contribution in [-0.2, 0) is 5.41 Å². The van der Waals surface area contributed by atoms with Crippen LogP contribution in [0.15, 0.2) is 77.6 Å². The van der Waals surface area contributed by atoms with Crippen molar-refractivity contribution in [1.29, 1.82) is 0 Å². The third kappa shape index (κ3) is 2.47. The maximum Gasteiger partial charge on any atom is 0.190 e. The summed E-state index contributed by atoms with van der Waals surface area (Å²) in [5.41, 5.74) is 4.12. The molecule has 0 N–H and O–H groups in total. The molecule has 29 heavy (non-hydrogen) atoms. The predicted octanol–water partition coefficient (Wildman–Crippen LogP) is 2.53. The van der Waals surface area contributed by atoms with Gasteiger partial charge in [-0.2, -0.15) is 4.57 Å². The Morgan fingerprint density at radius 2 is 1.69 bits per heavy atom. The van der Waals surface area contributed by atoms with Crippen LogP contribution < -0.4 is 26.3 Å². The van der Waals surface area contributed by atoms with Crippen LogP contribution in [0.5, 0.6) is 5.75 Å². The molecule has 1 aromatic carbocycles. The van der Waals surface area contributed by atoms with Crippen molar-refractivity contribution in [3.8, 4) is 5.75 Å². The molecule has 2 nitrogen and oxygen atoms in total. The van der Waals surface area contributed by atoms with Crippen LogP contribution in [0, 0.1) is 0 Å². The highest BCUT2D eigenvalue weighted by Crippen LogP contribution is 2.62. The highest BCUT2D eigenvalue weighted by Gasteiger charge is 2.61. The summed E-state index contributed by atoms with van der Waals surface area (Å²) in [4.78, 5) is 2.91. The van der Waals surface area contributed by atoms with E-state index in [-0.39, 0.29) is 28.3 Å². The summed E-state index contributed by atoms with van der Waals surface area (Å²) >= 11 is 3.77. The predicted molar refractivity (Wildman–Crippen MR) is 114 cm³/mol. The first-order valence-corrected chi connectivity index (χ1v) is 11.4. The number of fused-ring (bicyclic) bond motifs is 1. The van der Waals surface area contributed by atoms with Crippen LogP contribution >= 0.6 is 22.7 Å². The average Bonchev–Trinajstić information content (AvgIpc) is 3.48. The number of methoxy groups -OCH3 is 1. The molecule has 0 fully saturated rings. The van der Waals surface area contributed by atoms with Gasteiger partial charge in [-0.25, -0.2) is 0 Å². The van der Waals surface area contributed by atoms with E-state index in [4.69, 9.17) is 4.74 Å². The van der Waals surface area contributed by atoms with Gasteiger partial charge in [-0.3, -0.25) is 0 Å². The fourth-order valence-electron chi connectivity index (χ4n) is 5.44. The van der Waals surface area contributed by atoms with Gasteiger partial charge in [0, 0.05) is 39.4 Å². The summed E-state index contributed by atoms with van der Waals surface area (Å²) in [6.45, 7) is 0. The minimum atomic E-state index is -0.0456. The normalized spacial score (nSPS) is 20.4. The van der Waals surface area contributed by atoms with Crippen molar-refractivity contribution in [2.45, 2.75) is 23.8 Å². The SMILES string of the molecule is COc1cccc2c1[C@@H]1c3cccc[n+]3[C@H]2CC1(c1cccs1)c1cccs1.[Br-]. The number of thiophene rings is 2. The van der Waals surface area contributed by atoms with Crippen molar-refractivity contribution in [2.75, 3.05) is 7.11 Å². The molecule has 5 heterocycles. The number of halogens is 1. The fraction of sp³-hybridized carbons (Fsp3) is 0.208. The fourth-order valence-corrected chi connectivity index (χ4v) is 7.47. The Bertz CT molecular complexity index is 1120. The number of rotatable bonds is 3. The Balaban J connectivity index is 0.00000181. The van der Waals surface area contributed by atoms with E-state index >= 15 is 0 Å². The summed E-state index contributed by atoms with van der Waals surface area (Å²) in [6.07, 6.45) is 3.34. The maximum absolute atomic E-state index is 5.91. The lowest BCUT2D eigenvalue weighted by Crippen LogP contribution is -3.00. The van der Waals surface area contributed by atoms with E-state index < -0.39 is 0 Å². The minimum Gasteiger partial charge on any atom is -1.00 e. The van der Waals surface area contributed by atoms with E-state index in [2.05, 4.69) is 82.2 Å². The molecule has 0 unspecified atom stereocenters. The van der Waals surface area contributed by atoms with Gasteiger partial charge >= 0.3 is 0 Å². The van der Waals surface area contributed by atoms with Crippen LogP contribution in [-0.4, -0.2) is 7.11 Å². The number of hydrogen-bond acceptors (Lipinski definition) is 3. The van der Waals surface area contributed by atoms with Crippen LogP contribution in [0.25, 0.3) is 0 Å². The van der Waals surface area contributed by atoms with Crippen molar-refractivity contribution in [2.24, 2.45) is 0 Å². The van der Waals surface area contributed by atoms with Gasteiger partial charge in [-0.1, -0.05) is 30.3 Å². The zero-order chi connectivity index (χ0) is 18.7. The summed E-state index contributed by atoms with van der Waals surface area (Å²) in [5.74, 6) is 1.25. The largest absolute Gasteiger partial charge is 1.00 e. The first-order chi connectivity index (χ1) is 13.8. The van der Waals surface area contributed by atoms with E-state index in [0.717, 1.165) is 12.2 Å². The Morgan fingerprint density at radius 1 is 0.931 bits per heavy atom. The average molecular weight is 482 g/mol. The van der Waals surface area contributed by atoms with E-state index in [1.165, 1.54) is 26.6 Å². The molecule has 2 aliphatic heterocycles. The molecule has 2 atom stereocenters. The second-order valence-electron chi connectivity index (χ2n) is 7.57. The molecule has 5 heteroatoms. The van der Waals surface area contributed by atoms with Gasteiger partial charge in [0.25, 0.3) is 0 Å². The lowest BCUT2D eigenvalue weighted by molar-refractivity contribution is -0.732. The second-order valence-corrected chi connectivity index (χ2v) is 9.47. The molecule has 146 valence electrons. The molecular weight excluding hydrogens is 462 g/mol. The molecule has 0 saturated heterocycles. The van der Waals surface area contributed by atoms with Gasteiger partial charge in [0.15, 0.2) is 17.9 Å². The number of aromatic nitrogens is 1. The van der Waals surface area contributed by atoms with Crippen molar-refractivity contribution < 1.29 is 26.3 Å². The molecule has 3 aromatic heterocycles. The van der Waals surface area contributed by atoms with Crippen molar-refractivity contribution in [1.82, 2.24) is 0 Å². The smallest absolute Gasteiger partial charge is 0.190 e. The van der Waals surface area contributed by atoms with Gasteiger partial charge in [-0.05, 0) is 29.0 Å². The quantitative estimate of drug-likeness (QED) is 0.409. The summed E-state index contributed by atoms with van der Waals surface area (Å²) in [6, 6.07) is 22.6. The molecule has 4 aromatic rings.